The summed E-state index contributed by atoms with van der Waals surface area (Å²) in [5.74, 6) is -0.449. The largest absolute Gasteiger partial charge is 0.508 e. The lowest BCUT2D eigenvalue weighted by Crippen LogP contribution is -2.02. The molecule has 0 radical (unpaired) electrons. The molecule has 0 bridgehead atoms. The molecule has 2 nitrogen and oxygen atoms in total. The number of hydrogen-bond donors (Lipinski definition) is 1. The van der Waals surface area contributed by atoms with Gasteiger partial charge in [-0.25, -0.2) is 4.39 Å². The Morgan fingerprint density at radius 2 is 1.79 bits per heavy atom. The van der Waals surface area contributed by atoms with Crippen molar-refractivity contribution in [2.75, 3.05) is 0 Å². The van der Waals surface area contributed by atoms with E-state index in [4.69, 9.17) is 0 Å². The quantitative estimate of drug-likeness (QED) is 0.671. The van der Waals surface area contributed by atoms with Gasteiger partial charge in [-0.1, -0.05) is 6.08 Å². The number of carbonyl (C=O) groups excluding carboxylic acids is 1. The Labute approximate surface area is 110 Å². The molecule has 1 N–H and O–H groups in total. The monoisotopic (exact) mass is 256 g/mol. The summed E-state index contributed by atoms with van der Waals surface area (Å²) < 4.78 is 12.8. The minimum Gasteiger partial charge on any atom is -0.508 e. The van der Waals surface area contributed by atoms with E-state index in [9.17, 15) is 14.3 Å². The van der Waals surface area contributed by atoms with E-state index in [-0.39, 0.29) is 17.3 Å². The van der Waals surface area contributed by atoms with E-state index in [1.165, 1.54) is 30.3 Å². The van der Waals surface area contributed by atoms with Gasteiger partial charge in [-0.15, -0.1) is 6.58 Å². The van der Waals surface area contributed by atoms with Gasteiger partial charge in [0, 0.05) is 11.1 Å². The molecule has 0 atom stereocenters. The van der Waals surface area contributed by atoms with Gasteiger partial charge in [-0.2, -0.15) is 0 Å². The standard InChI is InChI=1S/C16H13FO2/c1-2-3-12-10-13(6-9-15(12)18)16(19)11-4-7-14(17)8-5-11/h2,4-10,18H,1,3H2. The molecule has 0 spiro atoms. The van der Waals surface area contributed by atoms with Crippen molar-refractivity contribution in [1.29, 1.82) is 0 Å². The topological polar surface area (TPSA) is 37.3 Å². The van der Waals surface area contributed by atoms with E-state index in [1.54, 1.807) is 18.2 Å². The van der Waals surface area contributed by atoms with Crippen LogP contribution in [0.5, 0.6) is 5.75 Å². The number of carbonyl (C=O) groups is 1. The second kappa shape index (κ2) is 5.48. The fourth-order valence-electron chi connectivity index (χ4n) is 1.81. The maximum Gasteiger partial charge on any atom is 0.193 e. The molecule has 0 saturated carbocycles. The van der Waals surface area contributed by atoms with Gasteiger partial charge in [0.2, 0.25) is 0 Å². The van der Waals surface area contributed by atoms with Crippen LogP contribution < -0.4 is 0 Å². The van der Waals surface area contributed by atoms with Crippen LogP contribution in [0.2, 0.25) is 0 Å². The van der Waals surface area contributed by atoms with Crippen molar-refractivity contribution in [1.82, 2.24) is 0 Å². The van der Waals surface area contributed by atoms with Crippen LogP contribution in [0.1, 0.15) is 21.5 Å². The third-order valence-corrected chi connectivity index (χ3v) is 2.81. The highest BCUT2D eigenvalue weighted by Gasteiger charge is 2.11. The molecule has 0 aromatic heterocycles. The first-order chi connectivity index (χ1) is 9.11. The number of ketones is 1. The van der Waals surface area contributed by atoms with Crippen LogP contribution in [0.25, 0.3) is 0 Å². The van der Waals surface area contributed by atoms with Crippen molar-refractivity contribution in [3.05, 3.63) is 77.6 Å². The third-order valence-electron chi connectivity index (χ3n) is 2.81. The van der Waals surface area contributed by atoms with E-state index in [1.807, 2.05) is 0 Å². The molecule has 0 saturated heterocycles. The zero-order valence-electron chi connectivity index (χ0n) is 10.3. The molecule has 96 valence electrons. The van der Waals surface area contributed by atoms with E-state index in [0.29, 0.717) is 23.1 Å². The fraction of sp³-hybridized carbons (Fsp3) is 0.0625. The lowest BCUT2D eigenvalue weighted by Gasteiger charge is -2.06. The van der Waals surface area contributed by atoms with Crippen molar-refractivity contribution in [2.45, 2.75) is 6.42 Å². The van der Waals surface area contributed by atoms with Crippen LogP contribution in [0.15, 0.2) is 55.1 Å². The van der Waals surface area contributed by atoms with Gasteiger partial charge in [0.05, 0.1) is 0 Å². The average molecular weight is 256 g/mol. The molecule has 3 heteroatoms. The normalized spacial score (nSPS) is 10.2. The van der Waals surface area contributed by atoms with Crippen molar-refractivity contribution in [3.63, 3.8) is 0 Å². The number of benzene rings is 2. The summed E-state index contributed by atoms with van der Waals surface area (Å²) in [5, 5.41) is 9.65. The molecule has 0 fully saturated rings. The van der Waals surface area contributed by atoms with Gasteiger partial charge < -0.3 is 5.11 Å². The van der Waals surface area contributed by atoms with E-state index >= 15 is 0 Å². The van der Waals surface area contributed by atoms with Gasteiger partial charge in [-0.3, -0.25) is 4.79 Å². The van der Waals surface area contributed by atoms with Crippen molar-refractivity contribution in [3.8, 4) is 5.75 Å². The van der Waals surface area contributed by atoms with Gasteiger partial charge in [0.1, 0.15) is 11.6 Å². The molecular formula is C16H13FO2. The van der Waals surface area contributed by atoms with Gasteiger partial charge in [0.15, 0.2) is 5.78 Å². The van der Waals surface area contributed by atoms with Gasteiger partial charge >= 0.3 is 0 Å². The van der Waals surface area contributed by atoms with Crippen LogP contribution >= 0.6 is 0 Å². The molecule has 0 aliphatic carbocycles. The number of phenolic OH excluding ortho intramolecular Hbond substituents is 1. The zero-order chi connectivity index (χ0) is 13.8. The first-order valence-corrected chi connectivity index (χ1v) is 5.85. The fourth-order valence-corrected chi connectivity index (χ4v) is 1.81. The molecule has 19 heavy (non-hydrogen) atoms. The van der Waals surface area contributed by atoms with Crippen LogP contribution in [0.4, 0.5) is 4.39 Å². The third kappa shape index (κ3) is 2.88. The minimum atomic E-state index is -0.380. The Balaban J connectivity index is 2.36. The molecule has 0 amide bonds. The van der Waals surface area contributed by atoms with Crippen LogP contribution in [0, 0.1) is 5.82 Å². The number of rotatable bonds is 4. The first kappa shape index (κ1) is 13.0. The predicted molar refractivity (Wildman–Crippen MR) is 71.8 cm³/mol. The van der Waals surface area contributed by atoms with E-state index in [2.05, 4.69) is 6.58 Å². The van der Waals surface area contributed by atoms with E-state index in [0.717, 1.165) is 0 Å². The summed E-state index contributed by atoms with van der Waals surface area (Å²) in [6, 6.07) is 10.0. The molecule has 0 aliphatic heterocycles. The van der Waals surface area contributed by atoms with Crippen molar-refractivity contribution >= 4 is 5.78 Å². The van der Waals surface area contributed by atoms with Crippen molar-refractivity contribution in [2.24, 2.45) is 0 Å². The summed E-state index contributed by atoms with van der Waals surface area (Å²) >= 11 is 0. The summed E-state index contributed by atoms with van der Waals surface area (Å²) in [6.07, 6.45) is 2.14. The number of halogens is 1. The molecule has 2 aromatic carbocycles. The Morgan fingerprint density at radius 3 is 2.42 bits per heavy atom. The van der Waals surface area contributed by atoms with Gasteiger partial charge in [-0.05, 0) is 54.4 Å². The molecule has 2 aromatic rings. The van der Waals surface area contributed by atoms with Crippen molar-refractivity contribution < 1.29 is 14.3 Å². The zero-order valence-corrected chi connectivity index (χ0v) is 10.3. The SMILES string of the molecule is C=CCc1cc(C(=O)c2ccc(F)cc2)ccc1O. The Hall–Kier alpha value is -2.42. The summed E-state index contributed by atoms with van der Waals surface area (Å²) in [5.41, 5.74) is 1.51. The smallest absolute Gasteiger partial charge is 0.193 e. The van der Waals surface area contributed by atoms with Crippen LogP contribution in [-0.2, 0) is 6.42 Å². The first-order valence-electron chi connectivity index (χ1n) is 5.85. The number of aromatic hydroxyl groups is 1. The predicted octanol–water partition coefficient (Wildman–Crippen LogP) is 3.49. The lowest BCUT2D eigenvalue weighted by atomic mass is 9.99. The lowest BCUT2D eigenvalue weighted by molar-refractivity contribution is 0.103. The highest BCUT2D eigenvalue weighted by Crippen LogP contribution is 2.21. The van der Waals surface area contributed by atoms with Gasteiger partial charge in [0.25, 0.3) is 0 Å². The summed E-state index contributed by atoms with van der Waals surface area (Å²) in [7, 11) is 0. The number of phenols is 1. The van der Waals surface area contributed by atoms with Crippen LogP contribution in [0.3, 0.4) is 0 Å². The second-order valence-electron chi connectivity index (χ2n) is 4.17. The molecule has 0 unspecified atom stereocenters. The van der Waals surface area contributed by atoms with E-state index < -0.39 is 0 Å². The Kier molecular flexibility index (Phi) is 3.76. The minimum absolute atomic E-state index is 0.135. The molecule has 0 aliphatic rings. The highest BCUT2D eigenvalue weighted by molar-refractivity contribution is 6.09. The average Bonchev–Trinajstić information content (AvgIpc) is 2.41. The molecular weight excluding hydrogens is 243 g/mol. The Bertz CT molecular complexity index is 615. The number of hydrogen-bond acceptors (Lipinski definition) is 2. The Morgan fingerprint density at radius 1 is 1.16 bits per heavy atom. The second-order valence-corrected chi connectivity index (χ2v) is 4.17. The molecule has 2 rings (SSSR count). The highest BCUT2D eigenvalue weighted by atomic mass is 19.1. The van der Waals surface area contributed by atoms with Crippen LogP contribution in [-0.4, -0.2) is 10.9 Å². The maximum absolute atomic E-state index is 12.8. The molecule has 0 heterocycles. The number of allylic oxidation sites excluding steroid dienone is 1. The summed E-state index contributed by atoms with van der Waals surface area (Å²) in [6.45, 7) is 3.60. The maximum atomic E-state index is 12.8. The summed E-state index contributed by atoms with van der Waals surface area (Å²) in [4.78, 5) is 12.2.